The highest BCUT2D eigenvalue weighted by molar-refractivity contribution is 7.13. The average molecular weight is 367 g/mol. The molecule has 1 heterocycles. The highest BCUT2D eigenvalue weighted by atomic mass is 35.5. The molecule has 1 aromatic heterocycles. The summed E-state index contributed by atoms with van der Waals surface area (Å²) in [6.45, 7) is 6.62. The minimum atomic E-state index is -0.0259. The second kappa shape index (κ2) is 7.99. The Morgan fingerprint density at radius 2 is 2.12 bits per heavy atom. The van der Waals surface area contributed by atoms with Crippen molar-refractivity contribution in [1.82, 2.24) is 9.88 Å². The van der Waals surface area contributed by atoms with Crippen molar-refractivity contribution in [2.75, 3.05) is 14.2 Å². The molecule has 0 fully saturated rings. The summed E-state index contributed by atoms with van der Waals surface area (Å²) in [5, 5.41) is 1.64. The van der Waals surface area contributed by atoms with Crippen LogP contribution < -0.4 is 4.74 Å². The van der Waals surface area contributed by atoms with E-state index in [-0.39, 0.29) is 5.91 Å². The Morgan fingerprint density at radius 3 is 2.75 bits per heavy atom. The van der Waals surface area contributed by atoms with Crippen LogP contribution in [-0.4, -0.2) is 29.9 Å². The van der Waals surface area contributed by atoms with E-state index < -0.39 is 0 Å². The summed E-state index contributed by atoms with van der Waals surface area (Å²) in [7, 11) is 3.39. The lowest BCUT2D eigenvalue weighted by Gasteiger charge is -2.18. The van der Waals surface area contributed by atoms with E-state index >= 15 is 0 Å². The fourth-order valence-corrected chi connectivity index (χ4v) is 3.92. The molecule has 0 N–H and O–H groups in total. The summed E-state index contributed by atoms with van der Waals surface area (Å²) in [5.74, 6) is 1.22. The number of thiazole rings is 1. The zero-order valence-electron chi connectivity index (χ0n) is 14.7. The van der Waals surface area contributed by atoms with E-state index in [2.05, 4.69) is 18.8 Å². The number of aryl methyl sites for hydroxylation is 1. The minimum Gasteiger partial charge on any atom is -0.496 e. The second-order valence-corrected chi connectivity index (χ2v) is 7.76. The van der Waals surface area contributed by atoms with Gasteiger partial charge >= 0.3 is 0 Å². The van der Waals surface area contributed by atoms with Gasteiger partial charge < -0.3 is 9.64 Å². The van der Waals surface area contributed by atoms with Crippen molar-refractivity contribution in [3.05, 3.63) is 44.4 Å². The van der Waals surface area contributed by atoms with E-state index in [1.165, 1.54) is 11.3 Å². The number of halogens is 1. The van der Waals surface area contributed by atoms with Crippen molar-refractivity contribution >= 4 is 28.8 Å². The van der Waals surface area contributed by atoms with Gasteiger partial charge in [-0.3, -0.25) is 4.79 Å². The molecule has 1 aromatic carbocycles. The summed E-state index contributed by atoms with van der Waals surface area (Å²) in [4.78, 5) is 19.7. The molecule has 1 amide bonds. The van der Waals surface area contributed by atoms with Crippen molar-refractivity contribution in [1.29, 1.82) is 0 Å². The van der Waals surface area contributed by atoms with Crippen molar-refractivity contribution in [3.8, 4) is 5.75 Å². The number of benzene rings is 1. The van der Waals surface area contributed by atoms with E-state index in [1.54, 1.807) is 25.1 Å². The molecule has 6 heteroatoms. The zero-order chi connectivity index (χ0) is 17.9. The Morgan fingerprint density at radius 1 is 1.42 bits per heavy atom. The molecule has 0 unspecified atom stereocenters. The molecule has 0 bridgehead atoms. The number of methoxy groups -OCH3 is 1. The van der Waals surface area contributed by atoms with Crippen LogP contribution in [0.4, 0.5) is 0 Å². The van der Waals surface area contributed by atoms with Crippen molar-refractivity contribution in [2.45, 2.75) is 33.7 Å². The fourth-order valence-electron chi connectivity index (χ4n) is 2.46. The van der Waals surface area contributed by atoms with E-state index in [9.17, 15) is 4.79 Å². The number of rotatable bonds is 6. The number of hydrogen-bond acceptors (Lipinski definition) is 4. The SMILES string of the molecule is COc1ccc(Cl)cc1CN(C)C(=O)c1sc(CC(C)C)nc1C. The van der Waals surface area contributed by atoms with Crippen LogP contribution in [0.2, 0.25) is 5.02 Å². The third kappa shape index (κ3) is 4.48. The molecule has 0 saturated heterocycles. The Labute approximate surface area is 152 Å². The molecule has 2 rings (SSSR count). The number of aromatic nitrogens is 1. The van der Waals surface area contributed by atoms with Crippen molar-refractivity contribution < 1.29 is 9.53 Å². The first-order valence-corrected chi connectivity index (χ1v) is 9.05. The molecule has 2 aromatic rings. The summed E-state index contributed by atoms with van der Waals surface area (Å²) < 4.78 is 5.35. The fraction of sp³-hybridized carbons (Fsp3) is 0.444. The average Bonchev–Trinajstić information content (AvgIpc) is 2.86. The molecule has 0 saturated carbocycles. The van der Waals surface area contributed by atoms with Gasteiger partial charge in [0.25, 0.3) is 5.91 Å². The standard InChI is InChI=1S/C18H23ClN2O2S/c1-11(2)8-16-20-12(3)17(24-16)18(22)21(4)10-13-9-14(19)6-7-15(13)23-5/h6-7,9,11H,8,10H2,1-5H3. The second-order valence-electron chi connectivity index (χ2n) is 6.24. The van der Waals surface area contributed by atoms with Gasteiger partial charge in [-0.2, -0.15) is 0 Å². The molecule has 0 aliphatic rings. The monoisotopic (exact) mass is 366 g/mol. The third-order valence-corrected chi connectivity index (χ3v) is 5.02. The van der Waals surface area contributed by atoms with Crippen molar-refractivity contribution in [2.24, 2.45) is 5.92 Å². The van der Waals surface area contributed by atoms with Gasteiger partial charge in [0.15, 0.2) is 0 Å². The molecule has 0 spiro atoms. The zero-order valence-corrected chi connectivity index (χ0v) is 16.3. The van der Waals surface area contributed by atoms with Crippen LogP contribution in [-0.2, 0) is 13.0 Å². The maximum atomic E-state index is 12.8. The lowest BCUT2D eigenvalue weighted by atomic mass is 10.1. The Bertz CT molecular complexity index is 728. The number of nitrogens with zero attached hydrogens (tertiary/aromatic N) is 2. The molecule has 0 aliphatic carbocycles. The topological polar surface area (TPSA) is 42.4 Å². The van der Waals surface area contributed by atoms with Crippen molar-refractivity contribution in [3.63, 3.8) is 0 Å². The first-order chi connectivity index (χ1) is 11.3. The lowest BCUT2D eigenvalue weighted by molar-refractivity contribution is 0.0788. The van der Waals surface area contributed by atoms with Crippen LogP contribution >= 0.6 is 22.9 Å². The number of amides is 1. The number of ether oxygens (including phenoxy) is 1. The van der Waals surface area contributed by atoms with E-state index in [0.29, 0.717) is 22.4 Å². The molecular weight excluding hydrogens is 344 g/mol. The van der Waals surface area contributed by atoms with Crippen LogP contribution in [0.25, 0.3) is 0 Å². The summed E-state index contributed by atoms with van der Waals surface area (Å²) in [5.41, 5.74) is 1.68. The quantitative estimate of drug-likeness (QED) is 0.751. The summed E-state index contributed by atoms with van der Waals surface area (Å²) in [6, 6.07) is 5.42. The molecule has 0 atom stereocenters. The first-order valence-electron chi connectivity index (χ1n) is 7.86. The van der Waals surface area contributed by atoms with Gasteiger partial charge in [-0.05, 0) is 31.0 Å². The van der Waals surface area contributed by atoms with E-state index in [1.807, 2.05) is 19.1 Å². The molecular formula is C18H23ClN2O2S. The maximum Gasteiger partial charge on any atom is 0.265 e. The summed E-state index contributed by atoms with van der Waals surface area (Å²) in [6.07, 6.45) is 0.893. The molecule has 0 aliphatic heterocycles. The van der Waals surface area contributed by atoms with Gasteiger partial charge in [0.1, 0.15) is 10.6 Å². The van der Waals surface area contributed by atoms with Crippen LogP contribution in [0, 0.1) is 12.8 Å². The highest BCUT2D eigenvalue weighted by Crippen LogP contribution is 2.26. The predicted molar refractivity (Wildman–Crippen MR) is 99.2 cm³/mol. The van der Waals surface area contributed by atoms with Crippen LogP contribution in [0.1, 0.15) is 39.8 Å². The van der Waals surface area contributed by atoms with Crippen LogP contribution in [0.3, 0.4) is 0 Å². The highest BCUT2D eigenvalue weighted by Gasteiger charge is 2.20. The Hall–Kier alpha value is -1.59. The number of carbonyl (C=O) groups excluding carboxylic acids is 1. The molecule has 24 heavy (non-hydrogen) atoms. The third-order valence-electron chi connectivity index (χ3n) is 3.61. The predicted octanol–water partition coefficient (Wildman–Crippen LogP) is 4.58. The van der Waals surface area contributed by atoms with Crippen LogP contribution in [0.15, 0.2) is 18.2 Å². The smallest absolute Gasteiger partial charge is 0.265 e. The van der Waals surface area contributed by atoms with Gasteiger partial charge in [0.05, 0.1) is 17.8 Å². The first kappa shape index (κ1) is 18.7. The molecule has 0 radical (unpaired) electrons. The summed E-state index contributed by atoms with van der Waals surface area (Å²) >= 11 is 7.55. The number of carbonyl (C=O) groups is 1. The van der Waals surface area contributed by atoms with Crippen LogP contribution in [0.5, 0.6) is 5.75 Å². The lowest BCUT2D eigenvalue weighted by Crippen LogP contribution is -2.26. The Kier molecular flexibility index (Phi) is 6.24. The molecule has 4 nitrogen and oxygen atoms in total. The maximum absolute atomic E-state index is 12.8. The van der Waals surface area contributed by atoms with Gasteiger partial charge in [0, 0.05) is 30.6 Å². The van der Waals surface area contributed by atoms with Gasteiger partial charge in [-0.15, -0.1) is 11.3 Å². The molecule has 130 valence electrons. The van der Waals surface area contributed by atoms with E-state index in [4.69, 9.17) is 16.3 Å². The Balaban J connectivity index is 2.18. The normalized spacial score (nSPS) is 11.0. The largest absolute Gasteiger partial charge is 0.496 e. The van der Waals surface area contributed by atoms with Gasteiger partial charge in [-0.25, -0.2) is 4.98 Å². The number of hydrogen-bond donors (Lipinski definition) is 0. The van der Waals surface area contributed by atoms with E-state index in [0.717, 1.165) is 28.4 Å². The minimum absolute atomic E-state index is 0.0259. The van der Waals surface area contributed by atoms with Gasteiger partial charge in [0.2, 0.25) is 0 Å². The van der Waals surface area contributed by atoms with Gasteiger partial charge in [-0.1, -0.05) is 25.4 Å².